The number of carbonyl (C=O) groups excluding carboxylic acids is 2. The zero-order valence-corrected chi connectivity index (χ0v) is 11.2. The molecule has 2 amide bonds. The Morgan fingerprint density at radius 1 is 1.29 bits per heavy atom. The standard InChI is InChI=1S/C14H14N4O3/c19-13(16-21)11-8-12-14(20)17(6-7-18(12)15-11)9-10-4-2-1-3-5-10/h1-5,8,21H,6-7,9H2,(H,16,19). The van der Waals surface area contributed by atoms with E-state index in [2.05, 4.69) is 5.10 Å². The Bertz CT molecular complexity index is 681. The summed E-state index contributed by atoms with van der Waals surface area (Å²) < 4.78 is 1.49. The lowest BCUT2D eigenvalue weighted by atomic mass is 10.2. The third-order valence-corrected chi connectivity index (χ3v) is 3.42. The third-order valence-electron chi connectivity index (χ3n) is 3.42. The molecule has 108 valence electrons. The summed E-state index contributed by atoms with van der Waals surface area (Å²) in [5.41, 5.74) is 2.95. The molecular weight excluding hydrogens is 272 g/mol. The van der Waals surface area contributed by atoms with Crippen LogP contribution in [-0.4, -0.2) is 38.2 Å². The molecule has 21 heavy (non-hydrogen) atoms. The lowest BCUT2D eigenvalue weighted by Crippen LogP contribution is -2.39. The van der Waals surface area contributed by atoms with Gasteiger partial charge in [0.2, 0.25) is 0 Å². The van der Waals surface area contributed by atoms with E-state index in [-0.39, 0.29) is 11.6 Å². The van der Waals surface area contributed by atoms with E-state index in [4.69, 9.17) is 5.21 Å². The minimum absolute atomic E-state index is 0.0300. The number of nitrogens with zero attached hydrogens (tertiary/aromatic N) is 3. The van der Waals surface area contributed by atoms with Gasteiger partial charge in [-0.1, -0.05) is 30.3 Å². The number of nitrogens with one attached hydrogen (secondary N) is 1. The molecule has 0 radical (unpaired) electrons. The average molecular weight is 286 g/mol. The van der Waals surface area contributed by atoms with Gasteiger partial charge in [0.25, 0.3) is 11.8 Å². The van der Waals surface area contributed by atoms with Crippen molar-refractivity contribution in [1.82, 2.24) is 20.2 Å². The fourth-order valence-corrected chi connectivity index (χ4v) is 2.36. The van der Waals surface area contributed by atoms with Crippen molar-refractivity contribution >= 4 is 11.8 Å². The highest BCUT2D eigenvalue weighted by molar-refractivity contribution is 5.97. The molecule has 0 saturated heterocycles. The Morgan fingerprint density at radius 2 is 2.05 bits per heavy atom. The van der Waals surface area contributed by atoms with E-state index in [0.717, 1.165) is 5.56 Å². The van der Waals surface area contributed by atoms with Crippen molar-refractivity contribution in [1.29, 1.82) is 0 Å². The third kappa shape index (κ3) is 2.50. The number of rotatable bonds is 3. The number of hydrogen-bond donors (Lipinski definition) is 2. The Morgan fingerprint density at radius 3 is 2.76 bits per heavy atom. The van der Waals surface area contributed by atoms with Gasteiger partial charge in [-0.2, -0.15) is 5.10 Å². The van der Waals surface area contributed by atoms with Crippen LogP contribution in [0.25, 0.3) is 0 Å². The van der Waals surface area contributed by atoms with Crippen molar-refractivity contribution in [2.24, 2.45) is 0 Å². The summed E-state index contributed by atoms with van der Waals surface area (Å²) in [6.07, 6.45) is 0. The number of hydroxylamine groups is 1. The fourth-order valence-electron chi connectivity index (χ4n) is 2.36. The zero-order valence-electron chi connectivity index (χ0n) is 11.2. The monoisotopic (exact) mass is 286 g/mol. The van der Waals surface area contributed by atoms with Crippen molar-refractivity contribution < 1.29 is 14.8 Å². The first-order valence-electron chi connectivity index (χ1n) is 6.54. The molecule has 0 aliphatic carbocycles. The van der Waals surface area contributed by atoms with Gasteiger partial charge in [0, 0.05) is 19.2 Å². The second-order valence-electron chi connectivity index (χ2n) is 4.79. The van der Waals surface area contributed by atoms with Crippen LogP contribution < -0.4 is 5.48 Å². The molecule has 2 aromatic rings. The minimum atomic E-state index is -0.723. The van der Waals surface area contributed by atoms with Gasteiger partial charge in [0.15, 0.2) is 5.69 Å². The van der Waals surface area contributed by atoms with Gasteiger partial charge in [-0.25, -0.2) is 5.48 Å². The lowest BCUT2D eigenvalue weighted by molar-refractivity contribution is 0.0677. The second kappa shape index (κ2) is 5.37. The second-order valence-corrected chi connectivity index (χ2v) is 4.79. The fraction of sp³-hybridized carbons (Fsp3) is 0.214. The average Bonchev–Trinajstić information content (AvgIpc) is 2.95. The smallest absolute Gasteiger partial charge is 0.295 e. The molecule has 1 aromatic heterocycles. The SMILES string of the molecule is O=C(NO)c1cc2n(n1)CCN(Cc1ccccc1)C2=O. The lowest BCUT2D eigenvalue weighted by Gasteiger charge is -2.27. The van der Waals surface area contributed by atoms with E-state index in [1.807, 2.05) is 30.3 Å². The largest absolute Gasteiger partial charge is 0.331 e. The van der Waals surface area contributed by atoms with Gasteiger partial charge in [0.05, 0.1) is 6.54 Å². The molecule has 0 saturated carbocycles. The van der Waals surface area contributed by atoms with Gasteiger partial charge >= 0.3 is 0 Å². The number of carbonyl (C=O) groups is 2. The topological polar surface area (TPSA) is 87.5 Å². The molecule has 0 fully saturated rings. The Hall–Kier alpha value is -2.67. The number of aromatic nitrogens is 2. The van der Waals surface area contributed by atoms with E-state index in [1.165, 1.54) is 16.2 Å². The predicted molar refractivity (Wildman–Crippen MR) is 72.7 cm³/mol. The van der Waals surface area contributed by atoms with Gasteiger partial charge in [-0.05, 0) is 5.56 Å². The molecule has 2 heterocycles. The van der Waals surface area contributed by atoms with Crippen molar-refractivity contribution in [2.75, 3.05) is 6.54 Å². The first-order chi connectivity index (χ1) is 10.2. The maximum atomic E-state index is 12.4. The summed E-state index contributed by atoms with van der Waals surface area (Å²) in [6.45, 7) is 1.57. The van der Waals surface area contributed by atoms with Gasteiger partial charge in [-0.15, -0.1) is 0 Å². The maximum Gasteiger partial charge on any atom is 0.295 e. The number of fused-ring (bicyclic) bond motifs is 1. The first-order valence-corrected chi connectivity index (χ1v) is 6.54. The van der Waals surface area contributed by atoms with Gasteiger partial charge in [-0.3, -0.25) is 19.5 Å². The molecule has 2 N–H and O–H groups in total. The zero-order chi connectivity index (χ0) is 14.8. The Balaban J connectivity index is 1.82. The Kier molecular flexibility index (Phi) is 3.41. The van der Waals surface area contributed by atoms with Crippen molar-refractivity contribution in [2.45, 2.75) is 13.1 Å². The normalized spacial score (nSPS) is 14.0. The van der Waals surface area contributed by atoms with Crippen molar-refractivity contribution in [3.63, 3.8) is 0 Å². The summed E-state index contributed by atoms with van der Waals surface area (Å²) in [7, 11) is 0. The summed E-state index contributed by atoms with van der Waals surface area (Å²) in [6, 6.07) is 11.1. The summed E-state index contributed by atoms with van der Waals surface area (Å²) in [5, 5.41) is 12.6. The summed E-state index contributed by atoms with van der Waals surface area (Å²) in [5.74, 6) is -0.895. The number of amides is 2. The van der Waals surface area contributed by atoms with Crippen LogP contribution in [0.1, 0.15) is 26.5 Å². The molecule has 1 aliphatic heterocycles. The van der Waals surface area contributed by atoms with Crippen LogP contribution >= 0.6 is 0 Å². The highest BCUT2D eigenvalue weighted by atomic mass is 16.5. The van der Waals surface area contributed by atoms with Crippen molar-refractivity contribution in [3.05, 3.63) is 53.3 Å². The maximum absolute atomic E-state index is 12.4. The van der Waals surface area contributed by atoms with E-state index in [1.54, 1.807) is 4.90 Å². The molecule has 7 heteroatoms. The highest BCUT2D eigenvalue weighted by Gasteiger charge is 2.27. The quantitative estimate of drug-likeness (QED) is 0.641. The van der Waals surface area contributed by atoms with Crippen molar-refractivity contribution in [3.8, 4) is 0 Å². The number of hydrogen-bond acceptors (Lipinski definition) is 4. The van der Waals surface area contributed by atoms with E-state index >= 15 is 0 Å². The molecule has 1 aliphatic rings. The van der Waals surface area contributed by atoms with Crippen LogP contribution in [0.2, 0.25) is 0 Å². The van der Waals surface area contributed by atoms with Crippen LogP contribution in [0.5, 0.6) is 0 Å². The predicted octanol–water partition coefficient (Wildman–Crippen LogP) is 0.658. The molecule has 0 unspecified atom stereocenters. The van der Waals surface area contributed by atoms with Gasteiger partial charge < -0.3 is 4.90 Å². The Labute approximate surface area is 120 Å². The summed E-state index contributed by atoms with van der Waals surface area (Å²) in [4.78, 5) is 25.5. The van der Waals surface area contributed by atoms with Crippen LogP contribution in [0.3, 0.4) is 0 Å². The summed E-state index contributed by atoms with van der Waals surface area (Å²) >= 11 is 0. The van der Waals surface area contributed by atoms with E-state index < -0.39 is 5.91 Å². The molecule has 3 rings (SSSR count). The number of benzene rings is 1. The van der Waals surface area contributed by atoms with E-state index in [9.17, 15) is 9.59 Å². The molecule has 7 nitrogen and oxygen atoms in total. The van der Waals surface area contributed by atoms with Crippen LogP contribution in [0.4, 0.5) is 0 Å². The van der Waals surface area contributed by atoms with Crippen LogP contribution in [0.15, 0.2) is 36.4 Å². The molecule has 0 atom stereocenters. The molecular formula is C14H14N4O3. The first kappa shape index (κ1) is 13.3. The van der Waals surface area contributed by atoms with Gasteiger partial charge in [0.1, 0.15) is 5.69 Å². The molecule has 0 spiro atoms. The minimum Gasteiger partial charge on any atom is -0.331 e. The highest BCUT2D eigenvalue weighted by Crippen LogP contribution is 2.16. The van der Waals surface area contributed by atoms with E-state index in [0.29, 0.717) is 25.3 Å². The molecule has 0 bridgehead atoms. The van der Waals surface area contributed by atoms with Crippen LogP contribution in [-0.2, 0) is 13.1 Å². The molecule has 1 aromatic carbocycles. The van der Waals surface area contributed by atoms with Crippen LogP contribution in [0, 0.1) is 0 Å².